The van der Waals surface area contributed by atoms with Crippen LogP contribution in [-0.2, 0) is 19.6 Å². The number of nitrogens with one attached hydrogen (secondary N) is 2. The summed E-state index contributed by atoms with van der Waals surface area (Å²) >= 11 is 0. The van der Waals surface area contributed by atoms with Gasteiger partial charge in [-0.1, -0.05) is 18.2 Å². The molecular formula is C18H18N2O6S. The quantitative estimate of drug-likeness (QED) is 0.547. The molecule has 0 fully saturated rings. The third kappa shape index (κ3) is 5.22. The normalized spacial score (nSPS) is 10.9. The highest BCUT2D eigenvalue weighted by Crippen LogP contribution is 2.16. The fraction of sp³-hybridized carbons (Fsp3) is 0.167. The van der Waals surface area contributed by atoms with Gasteiger partial charge in [-0.15, -0.1) is 0 Å². The lowest BCUT2D eigenvalue weighted by Crippen LogP contribution is -2.22. The number of amides is 1. The predicted molar refractivity (Wildman–Crippen MR) is 98.0 cm³/mol. The molecule has 0 bridgehead atoms. The zero-order valence-corrected chi connectivity index (χ0v) is 15.5. The summed E-state index contributed by atoms with van der Waals surface area (Å²) in [5.41, 5.74) is 0.638. The van der Waals surface area contributed by atoms with Gasteiger partial charge >= 0.3 is 5.97 Å². The molecule has 0 radical (unpaired) electrons. The van der Waals surface area contributed by atoms with Crippen LogP contribution in [0, 0.1) is 0 Å². The summed E-state index contributed by atoms with van der Waals surface area (Å²) in [7, 11) is -2.45. The van der Waals surface area contributed by atoms with Gasteiger partial charge in [0.15, 0.2) is 12.4 Å². The second-order valence-electron chi connectivity index (χ2n) is 5.46. The number of benzene rings is 2. The van der Waals surface area contributed by atoms with Crippen LogP contribution >= 0.6 is 0 Å². The Balaban J connectivity index is 2.03. The fourth-order valence-electron chi connectivity index (χ4n) is 2.21. The van der Waals surface area contributed by atoms with Crippen LogP contribution in [0.15, 0.2) is 53.4 Å². The molecule has 2 aromatic carbocycles. The maximum absolute atomic E-state index is 12.1. The van der Waals surface area contributed by atoms with Crippen molar-refractivity contribution in [2.24, 2.45) is 0 Å². The summed E-state index contributed by atoms with van der Waals surface area (Å²) in [4.78, 5) is 35.5. The second-order valence-corrected chi connectivity index (χ2v) is 7.35. The standard InChI is InChI=1S/C18H18N2O6S/c1-12(21)15-8-3-4-9-16(15)20-17(22)11-26-18(23)13-6-5-7-14(10-13)27(24,25)19-2/h3-10,19H,11H2,1-2H3,(H,20,22). The molecule has 0 aliphatic heterocycles. The monoisotopic (exact) mass is 390 g/mol. The molecule has 2 rings (SSSR count). The van der Waals surface area contributed by atoms with Gasteiger partial charge in [0.05, 0.1) is 16.1 Å². The minimum atomic E-state index is -3.71. The van der Waals surface area contributed by atoms with Gasteiger partial charge in [0, 0.05) is 5.56 Å². The molecular weight excluding hydrogens is 372 g/mol. The smallest absolute Gasteiger partial charge is 0.338 e. The summed E-state index contributed by atoms with van der Waals surface area (Å²) in [6.07, 6.45) is 0. The molecule has 2 aromatic rings. The van der Waals surface area contributed by atoms with Gasteiger partial charge in [0.1, 0.15) is 0 Å². The number of carbonyl (C=O) groups is 3. The molecule has 2 N–H and O–H groups in total. The van der Waals surface area contributed by atoms with Crippen LogP contribution in [0.4, 0.5) is 5.69 Å². The highest BCUT2D eigenvalue weighted by Gasteiger charge is 2.16. The van der Waals surface area contributed by atoms with E-state index < -0.39 is 28.5 Å². The van der Waals surface area contributed by atoms with E-state index >= 15 is 0 Å². The fourth-order valence-corrected chi connectivity index (χ4v) is 2.98. The van der Waals surface area contributed by atoms with Crippen molar-refractivity contribution in [3.63, 3.8) is 0 Å². The van der Waals surface area contributed by atoms with Crippen molar-refractivity contribution in [3.8, 4) is 0 Å². The number of sulfonamides is 1. The molecule has 8 nitrogen and oxygen atoms in total. The Hall–Kier alpha value is -3.04. The number of anilines is 1. The molecule has 0 unspecified atom stereocenters. The summed E-state index contributed by atoms with van der Waals surface area (Å²) in [6, 6.07) is 11.7. The van der Waals surface area contributed by atoms with E-state index in [9.17, 15) is 22.8 Å². The molecule has 0 saturated carbocycles. The summed E-state index contributed by atoms with van der Waals surface area (Å²) in [5, 5.41) is 2.50. The minimum Gasteiger partial charge on any atom is -0.452 e. The molecule has 0 aromatic heterocycles. The summed E-state index contributed by atoms with van der Waals surface area (Å²) in [6.45, 7) is 0.783. The van der Waals surface area contributed by atoms with Crippen LogP contribution in [0.5, 0.6) is 0 Å². The Kier molecular flexibility index (Phi) is 6.43. The first kappa shape index (κ1) is 20.3. The number of ether oxygens (including phenoxy) is 1. The van der Waals surface area contributed by atoms with E-state index in [0.29, 0.717) is 11.3 Å². The van der Waals surface area contributed by atoms with E-state index in [0.717, 1.165) is 6.07 Å². The lowest BCUT2D eigenvalue weighted by molar-refractivity contribution is -0.119. The number of carbonyl (C=O) groups excluding carboxylic acids is 3. The van der Waals surface area contributed by atoms with E-state index in [4.69, 9.17) is 4.74 Å². The van der Waals surface area contributed by atoms with Crippen molar-refractivity contribution < 1.29 is 27.5 Å². The summed E-state index contributed by atoms with van der Waals surface area (Å²) < 4.78 is 30.6. The molecule has 1 amide bonds. The molecule has 142 valence electrons. The minimum absolute atomic E-state index is 0.0109. The molecule has 0 saturated heterocycles. The topological polar surface area (TPSA) is 119 Å². The van der Waals surface area contributed by atoms with Crippen molar-refractivity contribution in [1.29, 1.82) is 0 Å². The van der Waals surface area contributed by atoms with Crippen LogP contribution < -0.4 is 10.0 Å². The molecule has 0 atom stereocenters. The number of rotatable bonds is 7. The number of esters is 1. The molecule has 9 heteroatoms. The van der Waals surface area contributed by atoms with Crippen molar-refractivity contribution in [3.05, 3.63) is 59.7 Å². The maximum Gasteiger partial charge on any atom is 0.338 e. The molecule has 0 aliphatic carbocycles. The molecule has 0 aliphatic rings. The number of para-hydroxylation sites is 1. The third-order valence-electron chi connectivity index (χ3n) is 3.56. The van der Waals surface area contributed by atoms with Crippen LogP contribution in [0.1, 0.15) is 27.6 Å². The van der Waals surface area contributed by atoms with Gasteiger partial charge in [-0.05, 0) is 44.3 Å². The number of hydrogen-bond acceptors (Lipinski definition) is 6. The van der Waals surface area contributed by atoms with Gasteiger partial charge in [0.25, 0.3) is 5.91 Å². The maximum atomic E-state index is 12.1. The lowest BCUT2D eigenvalue weighted by Gasteiger charge is -2.10. The first-order chi connectivity index (χ1) is 12.7. The van der Waals surface area contributed by atoms with Gasteiger partial charge in [0.2, 0.25) is 10.0 Å². The van der Waals surface area contributed by atoms with Crippen molar-refractivity contribution >= 4 is 33.4 Å². The van der Waals surface area contributed by atoms with E-state index in [1.165, 1.54) is 32.2 Å². The highest BCUT2D eigenvalue weighted by atomic mass is 32.2. The number of hydrogen-bond donors (Lipinski definition) is 2. The van der Waals surface area contributed by atoms with E-state index in [1.807, 2.05) is 0 Å². The van der Waals surface area contributed by atoms with Crippen LogP contribution in [0.3, 0.4) is 0 Å². The first-order valence-electron chi connectivity index (χ1n) is 7.85. The van der Waals surface area contributed by atoms with Gasteiger partial charge in [-0.3, -0.25) is 9.59 Å². The highest BCUT2D eigenvalue weighted by molar-refractivity contribution is 7.89. The average Bonchev–Trinajstić information content (AvgIpc) is 2.66. The molecule has 27 heavy (non-hydrogen) atoms. The summed E-state index contributed by atoms with van der Waals surface area (Å²) in [5.74, 6) is -1.69. The van der Waals surface area contributed by atoms with E-state index in [-0.39, 0.29) is 16.2 Å². The zero-order valence-electron chi connectivity index (χ0n) is 14.7. The van der Waals surface area contributed by atoms with Gasteiger partial charge in [-0.2, -0.15) is 0 Å². The Morgan fingerprint density at radius 3 is 2.41 bits per heavy atom. The van der Waals surface area contributed by atoms with Gasteiger partial charge in [-0.25, -0.2) is 17.9 Å². The first-order valence-corrected chi connectivity index (χ1v) is 9.33. The Labute approximate surface area is 156 Å². The lowest BCUT2D eigenvalue weighted by atomic mass is 10.1. The number of ketones is 1. The SMILES string of the molecule is CNS(=O)(=O)c1cccc(C(=O)OCC(=O)Nc2ccccc2C(C)=O)c1. The average molecular weight is 390 g/mol. The second kappa shape index (κ2) is 8.56. The van der Waals surface area contributed by atoms with E-state index in [1.54, 1.807) is 24.3 Å². The van der Waals surface area contributed by atoms with Crippen molar-refractivity contribution in [2.45, 2.75) is 11.8 Å². The molecule has 0 spiro atoms. The van der Waals surface area contributed by atoms with Crippen molar-refractivity contribution in [1.82, 2.24) is 4.72 Å². The largest absolute Gasteiger partial charge is 0.452 e. The van der Waals surface area contributed by atoms with Crippen LogP contribution in [0.2, 0.25) is 0 Å². The Bertz CT molecular complexity index is 985. The van der Waals surface area contributed by atoms with E-state index in [2.05, 4.69) is 10.0 Å². The number of Topliss-reactive ketones (excluding diaryl/α,β-unsaturated/α-hetero) is 1. The molecule has 0 heterocycles. The van der Waals surface area contributed by atoms with Crippen molar-refractivity contribution in [2.75, 3.05) is 19.0 Å². The Morgan fingerprint density at radius 1 is 1.04 bits per heavy atom. The van der Waals surface area contributed by atoms with Gasteiger partial charge < -0.3 is 10.1 Å². The van der Waals surface area contributed by atoms with Crippen LogP contribution in [-0.4, -0.2) is 39.7 Å². The predicted octanol–water partition coefficient (Wildman–Crippen LogP) is 1.59. The Morgan fingerprint density at radius 2 is 1.74 bits per heavy atom. The third-order valence-corrected chi connectivity index (χ3v) is 4.98. The zero-order chi connectivity index (χ0) is 20.0. The van der Waals surface area contributed by atoms with Crippen LogP contribution in [0.25, 0.3) is 0 Å².